The Morgan fingerprint density at radius 2 is 2.33 bits per heavy atom. The van der Waals surface area contributed by atoms with Crippen LogP contribution in [0.5, 0.6) is 0 Å². The quantitative estimate of drug-likeness (QED) is 0.709. The minimum atomic E-state index is 0.863. The third-order valence-electron chi connectivity index (χ3n) is 2.84. The van der Waals surface area contributed by atoms with Gasteiger partial charge in [-0.25, -0.2) is 0 Å². The van der Waals surface area contributed by atoms with Crippen molar-refractivity contribution in [3.05, 3.63) is 30.1 Å². The molecule has 0 amide bonds. The van der Waals surface area contributed by atoms with Crippen LogP contribution in [0, 0.1) is 0 Å². The van der Waals surface area contributed by atoms with E-state index in [1.807, 2.05) is 18.3 Å². The lowest BCUT2D eigenvalue weighted by Gasteiger charge is -2.15. The summed E-state index contributed by atoms with van der Waals surface area (Å²) in [5.41, 5.74) is 1.12. The minimum absolute atomic E-state index is 0.863. The van der Waals surface area contributed by atoms with E-state index in [1.165, 1.54) is 12.8 Å². The summed E-state index contributed by atoms with van der Waals surface area (Å²) in [5, 5.41) is 3.41. The first-order chi connectivity index (χ1) is 7.36. The van der Waals surface area contributed by atoms with Gasteiger partial charge in [-0.05, 0) is 32.0 Å². The van der Waals surface area contributed by atoms with Gasteiger partial charge in [0.15, 0.2) is 0 Å². The Morgan fingerprint density at radius 3 is 3.00 bits per heavy atom. The summed E-state index contributed by atoms with van der Waals surface area (Å²) in [6.07, 6.45) is 4.61. The van der Waals surface area contributed by atoms with E-state index in [9.17, 15) is 0 Å². The van der Waals surface area contributed by atoms with Gasteiger partial charge < -0.3 is 10.2 Å². The van der Waals surface area contributed by atoms with Crippen molar-refractivity contribution in [2.45, 2.75) is 25.4 Å². The van der Waals surface area contributed by atoms with Crippen molar-refractivity contribution in [3.63, 3.8) is 0 Å². The Kier molecular flexibility index (Phi) is 3.69. The normalized spacial score (nSPS) is 15.9. The number of pyridine rings is 1. The number of nitrogens with zero attached hydrogens (tertiary/aromatic N) is 2. The van der Waals surface area contributed by atoms with Gasteiger partial charge in [-0.1, -0.05) is 6.07 Å². The first-order valence-corrected chi connectivity index (χ1v) is 5.67. The molecule has 0 saturated heterocycles. The molecule has 1 fully saturated rings. The van der Waals surface area contributed by atoms with Crippen molar-refractivity contribution in [3.8, 4) is 0 Å². The molecule has 1 aliphatic rings. The van der Waals surface area contributed by atoms with E-state index in [1.54, 1.807) is 0 Å². The van der Waals surface area contributed by atoms with Crippen LogP contribution in [0.1, 0.15) is 18.5 Å². The van der Waals surface area contributed by atoms with E-state index in [0.29, 0.717) is 0 Å². The van der Waals surface area contributed by atoms with Gasteiger partial charge in [-0.15, -0.1) is 0 Å². The highest BCUT2D eigenvalue weighted by Crippen LogP contribution is 2.24. The molecule has 0 unspecified atom stereocenters. The Bertz CT molecular complexity index is 282. The maximum Gasteiger partial charge on any atom is 0.0541 e. The van der Waals surface area contributed by atoms with Crippen LogP contribution in [0.25, 0.3) is 0 Å². The standard InChI is InChI=1S/C12H19N3/c1-15(12-5-6-12)9-8-13-10-11-4-2-3-7-14-11/h2-4,7,12-13H,5-6,8-10H2,1H3. The lowest BCUT2D eigenvalue weighted by molar-refractivity contribution is 0.321. The molecular weight excluding hydrogens is 186 g/mol. The Balaban J connectivity index is 1.58. The zero-order chi connectivity index (χ0) is 10.5. The first kappa shape index (κ1) is 10.6. The second-order valence-electron chi connectivity index (χ2n) is 4.21. The molecule has 82 valence electrons. The summed E-state index contributed by atoms with van der Waals surface area (Å²) in [6.45, 7) is 3.06. The highest BCUT2D eigenvalue weighted by atomic mass is 15.2. The van der Waals surface area contributed by atoms with Gasteiger partial charge >= 0.3 is 0 Å². The molecular formula is C12H19N3. The summed E-state index contributed by atoms with van der Waals surface area (Å²) in [4.78, 5) is 6.70. The molecule has 15 heavy (non-hydrogen) atoms. The summed E-state index contributed by atoms with van der Waals surface area (Å²) in [6, 6.07) is 6.89. The topological polar surface area (TPSA) is 28.2 Å². The average Bonchev–Trinajstić information content (AvgIpc) is 3.09. The van der Waals surface area contributed by atoms with Crippen molar-refractivity contribution in [2.75, 3.05) is 20.1 Å². The number of nitrogens with one attached hydrogen (secondary N) is 1. The highest BCUT2D eigenvalue weighted by molar-refractivity contribution is 5.02. The zero-order valence-corrected chi connectivity index (χ0v) is 9.32. The maximum absolute atomic E-state index is 4.27. The molecule has 0 aliphatic heterocycles. The molecule has 0 bridgehead atoms. The van der Waals surface area contributed by atoms with Crippen molar-refractivity contribution >= 4 is 0 Å². The van der Waals surface area contributed by atoms with Crippen molar-refractivity contribution in [1.29, 1.82) is 0 Å². The molecule has 1 heterocycles. The van der Waals surface area contributed by atoms with E-state index < -0.39 is 0 Å². The lowest BCUT2D eigenvalue weighted by Crippen LogP contribution is -2.30. The summed E-state index contributed by atoms with van der Waals surface area (Å²) in [7, 11) is 2.21. The maximum atomic E-state index is 4.27. The van der Waals surface area contributed by atoms with Crippen LogP contribution in [0.4, 0.5) is 0 Å². The first-order valence-electron chi connectivity index (χ1n) is 5.67. The summed E-state index contributed by atoms with van der Waals surface area (Å²) in [5.74, 6) is 0. The zero-order valence-electron chi connectivity index (χ0n) is 9.32. The van der Waals surface area contributed by atoms with Gasteiger partial charge in [0, 0.05) is 31.9 Å². The van der Waals surface area contributed by atoms with E-state index in [4.69, 9.17) is 0 Å². The van der Waals surface area contributed by atoms with Crippen molar-refractivity contribution < 1.29 is 0 Å². The van der Waals surface area contributed by atoms with E-state index in [2.05, 4.69) is 28.3 Å². The van der Waals surface area contributed by atoms with E-state index in [0.717, 1.165) is 31.4 Å². The third kappa shape index (κ3) is 3.61. The van der Waals surface area contributed by atoms with Crippen molar-refractivity contribution in [2.24, 2.45) is 0 Å². The van der Waals surface area contributed by atoms with Gasteiger partial charge in [0.05, 0.1) is 5.69 Å². The second-order valence-corrected chi connectivity index (χ2v) is 4.21. The molecule has 1 aromatic rings. The Labute approximate surface area is 91.5 Å². The fraction of sp³-hybridized carbons (Fsp3) is 0.583. The molecule has 1 N–H and O–H groups in total. The third-order valence-corrected chi connectivity index (χ3v) is 2.84. The largest absolute Gasteiger partial charge is 0.310 e. The SMILES string of the molecule is CN(CCNCc1ccccn1)C1CC1. The molecule has 0 aromatic carbocycles. The predicted molar refractivity (Wildman–Crippen MR) is 61.6 cm³/mol. The molecule has 3 heteroatoms. The summed E-state index contributed by atoms with van der Waals surface area (Å²) >= 11 is 0. The van der Waals surface area contributed by atoms with Gasteiger partial charge in [0.1, 0.15) is 0 Å². The minimum Gasteiger partial charge on any atom is -0.310 e. The second kappa shape index (κ2) is 5.24. The van der Waals surface area contributed by atoms with Gasteiger partial charge in [-0.2, -0.15) is 0 Å². The molecule has 0 atom stereocenters. The Morgan fingerprint density at radius 1 is 1.47 bits per heavy atom. The average molecular weight is 205 g/mol. The van der Waals surface area contributed by atoms with Crippen LogP contribution in [-0.2, 0) is 6.54 Å². The number of hydrogen-bond donors (Lipinski definition) is 1. The number of likely N-dealkylation sites (N-methyl/N-ethyl adjacent to an activating group) is 1. The number of aromatic nitrogens is 1. The number of rotatable bonds is 6. The van der Waals surface area contributed by atoms with Crippen LogP contribution in [-0.4, -0.2) is 36.1 Å². The number of hydrogen-bond acceptors (Lipinski definition) is 3. The smallest absolute Gasteiger partial charge is 0.0541 e. The van der Waals surface area contributed by atoms with Gasteiger partial charge in [0.25, 0.3) is 0 Å². The molecule has 1 aromatic heterocycles. The van der Waals surface area contributed by atoms with Gasteiger partial charge in [0.2, 0.25) is 0 Å². The molecule has 3 nitrogen and oxygen atoms in total. The molecule has 1 saturated carbocycles. The molecule has 0 spiro atoms. The molecule has 2 rings (SSSR count). The van der Waals surface area contributed by atoms with Crippen LogP contribution >= 0.6 is 0 Å². The van der Waals surface area contributed by atoms with E-state index >= 15 is 0 Å². The van der Waals surface area contributed by atoms with Crippen LogP contribution in [0.3, 0.4) is 0 Å². The predicted octanol–water partition coefficient (Wildman–Crippen LogP) is 1.27. The molecule has 1 aliphatic carbocycles. The van der Waals surface area contributed by atoms with Gasteiger partial charge in [-0.3, -0.25) is 4.98 Å². The van der Waals surface area contributed by atoms with Crippen LogP contribution < -0.4 is 5.32 Å². The van der Waals surface area contributed by atoms with Crippen molar-refractivity contribution in [1.82, 2.24) is 15.2 Å². The monoisotopic (exact) mass is 205 g/mol. The van der Waals surface area contributed by atoms with E-state index in [-0.39, 0.29) is 0 Å². The Hall–Kier alpha value is -0.930. The fourth-order valence-corrected chi connectivity index (χ4v) is 1.67. The lowest BCUT2D eigenvalue weighted by atomic mass is 10.3. The van der Waals surface area contributed by atoms with Crippen LogP contribution in [0.15, 0.2) is 24.4 Å². The van der Waals surface area contributed by atoms with Crippen LogP contribution in [0.2, 0.25) is 0 Å². The molecule has 0 radical (unpaired) electrons. The fourth-order valence-electron chi connectivity index (χ4n) is 1.67. The summed E-state index contributed by atoms with van der Waals surface area (Å²) < 4.78 is 0. The highest BCUT2D eigenvalue weighted by Gasteiger charge is 2.25.